The Balaban J connectivity index is 1.90. The molecule has 2 amide bonds. The van der Waals surface area contributed by atoms with Gasteiger partial charge in [-0.1, -0.05) is 0 Å². The molecule has 0 spiro atoms. The number of anilines is 1. The molecule has 0 fully saturated rings. The van der Waals surface area contributed by atoms with Crippen LogP contribution >= 0.6 is 0 Å². The van der Waals surface area contributed by atoms with E-state index < -0.39 is 0 Å². The number of nitrogens with zero attached hydrogens (tertiary/aromatic N) is 3. The quantitative estimate of drug-likeness (QED) is 0.882. The molecule has 6 nitrogen and oxygen atoms in total. The monoisotopic (exact) mass is 259 g/mol. The zero-order valence-electron chi connectivity index (χ0n) is 11.3. The number of amides is 2. The summed E-state index contributed by atoms with van der Waals surface area (Å²) in [7, 11) is 1.87. The van der Waals surface area contributed by atoms with Gasteiger partial charge in [0.1, 0.15) is 0 Å². The van der Waals surface area contributed by atoms with Gasteiger partial charge < -0.3 is 10.6 Å². The predicted molar refractivity (Wildman–Crippen MR) is 72.8 cm³/mol. The van der Waals surface area contributed by atoms with Crippen LogP contribution in [0.15, 0.2) is 24.5 Å². The van der Waals surface area contributed by atoms with Crippen LogP contribution in [0.25, 0.3) is 0 Å². The lowest BCUT2D eigenvalue weighted by Crippen LogP contribution is -2.28. The average Bonchev–Trinajstić information content (AvgIpc) is 2.68. The topological polar surface area (TPSA) is 71.8 Å². The molecule has 0 saturated heterocycles. The third-order valence-electron chi connectivity index (χ3n) is 2.93. The van der Waals surface area contributed by atoms with Crippen LogP contribution in [-0.4, -0.2) is 20.8 Å². The summed E-state index contributed by atoms with van der Waals surface area (Å²) in [5.41, 5.74) is 3.64. The fourth-order valence-corrected chi connectivity index (χ4v) is 1.69. The lowest BCUT2D eigenvalue weighted by molar-refractivity contribution is 0.251. The van der Waals surface area contributed by atoms with Crippen molar-refractivity contribution < 1.29 is 4.79 Å². The van der Waals surface area contributed by atoms with Crippen molar-refractivity contribution in [1.82, 2.24) is 20.1 Å². The molecule has 0 aliphatic rings. The van der Waals surface area contributed by atoms with Crippen molar-refractivity contribution >= 4 is 11.7 Å². The first-order valence-corrected chi connectivity index (χ1v) is 6.01. The molecule has 19 heavy (non-hydrogen) atoms. The maximum absolute atomic E-state index is 11.7. The summed E-state index contributed by atoms with van der Waals surface area (Å²) < 4.78 is 1.78. The fraction of sp³-hybridized carbons (Fsp3) is 0.308. The Hall–Kier alpha value is -2.37. The highest BCUT2D eigenvalue weighted by atomic mass is 16.2. The highest BCUT2D eigenvalue weighted by molar-refractivity contribution is 5.89. The summed E-state index contributed by atoms with van der Waals surface area (Å²) in [6, 6.07) is 3.32. The second-order valence-corrected chi connectivity index (χ2v) is 4.37. The Morgan fingerprint density at radius 2 is 2.21 bits per heavy atom. The minimum atomic E-state index is -0.242. The lowest BCUT2D eigenvalue weighted by atomic mass is 10.2. The second-order valence-electron chi connectivity index (χ2n) is 4.37. The summed E-state index contributed by atoms with van der Waals surface area (Å²) in [4.78, 5) is 15.8. The average molecular weight is 259 g/mol. The van der Waals surface area contributed by atoms with Gasteiger partial charge in [-0.05, 0) is 26.0 Å². The van der Waals surface area contributed by atoms with Gasteiger partial charge >= 0.3 is 6.03 Å². The van der Waals surface area contributed by atoms with E-state index in [1.165, 1.54) is 0 Å². The first kappa shape index (κ1) is 13.1. The van der Waals surface area contributed by atoms with E-state index in [0.717, 1.165) is 22.6 Å². The number of carbonyl (C=O) groups is 1. The van der Waals surface area contributed by atoms with E-state index in [4.69, 9.17) is 0 Å². The molecule has 100 valence electrons. The normalized spacial score (nSPS) is 10.3. The number of aromatic nitrogens is 3. The Kier molecular flexibility index (Phi) is 3.79. The third-order valence-corrected chi connectivity index (χ3v) is 2.93. The van der Waals surface area contributed by atoms with E-state index in [9.17, 15) is 4.79 Å². The molecule has 6 heteroatoms. The van der Waals surface area contributed by atoms with Gasteiger partial charge in [0.2, 0.25) is 0 Å². The number of pyridine rings is 1. The number of carbonyl (C=O) groups excluding carboxylic acids is 1. The van der Waals surface area contributed by atoms with Gasteiger partial charge in [-0.25, -0.2) is 4.79 Å². The Labute approximate surface area is 111 Å². The van der Waals surface area contributed by atoms with Gasteiger partial charge in [-0.2, -0.15) is 5.10 Å². The zero-order valence-corrected chi connectivity index (χ0v) is 11.3. The Morgan fingerprint density at radius 1 is 1.42 bits per heavy atom. The van der Waals surface area contributed by atoms with Crippen LogP contribution in [0.3, 0.4) is 0 Å². The second kappa shape index (κ2) is 5.51. The van der Waals surface area contributed by atoms with Gasteiger partial charge in [0.05, 0.1) is 6.20 Å². The van der Waals surface area contributed by atoms with Gasteiger partial charge in [0.15, 0.2) is 0 Å². The van der Waals surface area contributed by atoms with Crippen LogP contribution in [0.5, 0.6) is 0 Å². The molecule has 2 N–H and O–H groups in total. The first-order chi connectivity index (χ1) is 9.06. The summed E-state index contributed by atoms with van der Waals surface area (Å²) in [5.74, 6) is 0. The molecule has 0 aliphatic heterocycles. The van der Waals surface area contributed by atoms with E-state index in [1.807, 2.05) is 27.0 Å². The standard InChI is InChI=1S/C13H17N5O/c1-9-6-12(4-5-14-9)17-13(19)15-7-11-8-16-18(3)10(11)2/h4-6,8H,7H2,1-3H3,(H2,14,15,17,19). The van der Waals surface area contributed by atoms with Crippen LogP contribution in [0, 0.1) is 13.8 Å². The zero-order chi connectivity index (χ0) is 13.8. The van der Waals surface area contributed by atoms with Crippen molar-refractivity contribution in [2.75, 3.05) is 5.32 Å². The van der Waals surface area contributed by atoms with Crippen LogP contribution in [0.4, 0.5) is 10.5 Å². The van der Waals surface area contributed by atoms with Crippen LogP contribution in [-0.2, 0) is 13.6 Å². The number of urea groups is 1. The smallest absolute Gasteiger partial charge is 0.319 e. The van der Waals surface area contributed by atoms with Crippen molar-refractivity contribution in [1.29, 1.82) is 0 Å². The largest absolute Gasteiger partial charge is 0.334 e. The van der Waals surface area contributed by atoms with Crippen molar-refractivity contribution in [2.45, 2.75) is 20.4 Å². The predicted octanol–water partition coefficient (Wildman–Crippen LogP) is 1.75. The molecule has 0 atom stereocenters. The van der Waals surface area contributed by atoms with Gasteiger partial charge in [-0.3, -0.25) is 9.67 Å². The van der Waals surface area contributed by atoms with Gasteiger partial charge in [0, 0.05) is 42.4 Å². The maximum Gasteiger partial charge on any atom is 0.319 e. The molecule has 0 unspecified atom stereocenters. The lowest BCUT2D eigenvalue weighted by Gasteiger charge is -2.07. The van der Waals surface area contributed by atoms with E-state index >= 15 is 0 Å². The van der Waals surface area contributed by atoms with Crippen molar-refractivity contribution in [3.05, 3.63) is 41.5 Å². The number of hydrogen-bond donors (Lipinski definition) is 2. The molecule has 2 heterocycles. The van der Waals surface area contributed by atoms with Crippen LogP contribution in [0.1, 0.15) is 17.0 Å². The maximum atomic E-state index is 11.7. The molecule has 2 aromatic rings. The fourth-order valence-electron chi connectivity index (χ4n) is 1.69. The molecule has 0 bridgehead atoms. The van der Waals surface area contributed by atoms with Gasteiger partial charge in [-0.15, -0.1) is 0 Å². The van der Waals surface area contributed by atoms with E-state index in [1.54, 1.807) is 23.1 Å². The van der Waals surface area contributed by atoms with E-state index in [-0.39, 0.29) is 6.03 Å². The van der Waals surface area contributed by atoms with Crippen LogP contribution < -0.4 is 10.6 Å². The minimum Gasteiger partial charge on any atom is -0.334 e. The Bertz CT molecular complexity index is 590. The summed E-state index contributed by atoms with van der Waals surface area (Å²) in [5, 5.41) is 9.69. The van der Waals surface area contributed by atoms with Crippen LogP contribution in [0.2, 0.25) is 0 Å². The number of aryl methyl sites for hydroxylation is 2. The molecule has 0 aliphatic carbocycles. The van der Waals surface area contributed by atoms with Crippen molar-refractivity contribution in [3.8, 4) is 0 Å². The highest BCUT2D eigenvalue weighted by Crippen LogP contribution is 2.07. The summed E-state index contributed by atoms with van der Waals surface area (Å²) in [6.45, 7) is 4.30. The SMILES string of the molecule is Cc1cc(NC(=O)NCc2cnn(C)c2C)ccn1. The number of nitrogens with one attached hydrogen (secondary N) is 2. The molecule has 0 radical (unpaired) electrons. The molecule has 0 aromatic carbocycles. The number of rotatable bonds is 3. The van der Waals surface area contributed by atoms with Crippen molar-refractivity contribution in [3.63, 3.8) is 0 Å². The molecule has 0 saturated carbocycles. The summed E-state index contributed by atoms with van der Waals surface area (Å²) >= 11 is 0. The molecular formula is C13H17N5O. The van der Waals surface area contributed by atoms with E-state index in [0.29, 0.717) is 6.54 Å². The minimum absolute atomic E-state index is 0.242. The van der Waals surface area contributed by atoms with Crippen molar-refractivity contribution in [2.24, 2.45) is 7.05 Å². The summed E-state index contributed by atoms with van der Waals surface area (Å²) in [6.07, 6.45) is 3.42. The third kappa shape index (κ3) is 3.31. The molecular weight excluding hydrogens is 242 g/mol. The Morgan fingerprint density at radius 3 is 2.84 bits per heavy atom. The number of hydrogen-bond acceptors (Lipinski definition) is 3. The highest BCUT2D eigenvalue weighted by Gasteiger charge is 2.06. The molecule has 2 rings (SSSR count). The first-order valence-electron chi connectivity index (χ1n) is 6.01. The molecule has 2 aromatic heterocycles. The van der Waals surface area contributed by atoms with E-state index in [2.05, 4.69) is 20.7 Å². The van der Waals surface area contributed by atoms with Gasteiger partial charge in [0.25, 0.3) is 0 Å².